The Balaban J connectivity index is 1.22. The van der Waals surface area contributed by atoms with Crippen molar-refractivity contribution >= 4 is 71.3 Å². The third-order valence-electron chi connectivity index (χ3n) is 9.71. The molecule has 0 saturated heterocycles. The van der Waals surface area contributed by atoms with Crippen LogP contribution in [0.5, 0.6) is 0 Å². The molecule has 0 radical (unpaired) electrons. The molecule has 1 heterocycles. The van der Waals surface area contributed by atoms with Crippen LogP contribution in [0, 0.1) is 0 Å². The van der Waals surface area contributed by atoms with Crippen LogP contribution in [0.25, 0.3) is 76.5 Å². The molecule has 2 heteroatoms. The van der Waals surface area contributed by atoms with Crippen molar-refractivity contribution in [2.45, 2.75) is 0 Å². The van der Waals surface area contributed by atoms with Gasteiger partial charge in [0.1, 0.15) is 11.2 Å². The molecule has 0 unspecified atom stereocenters. The zero-order chi connectivity index (χ0) is 36.5. The summed E-state index contributed by atoms with van der Waals surface area (Å²) in [5, 5.41) is 8.10. The number of hydrogen-bond donors (Lipinski definition) is 0. The van der Waals surface area contributed by atoms with E-state index in [-0.39, 0.29) is 35.4 Å². The van der Waals surface area contributed by atoms with Crippen LogP contribution in [0.2, 0.25) is 0 Å². The predicted octanol–water partition coefficient (Wildman–Crippen LogP) is 13.8. The minimum absolute atomic E-state index is 0.103. The Labute approximate surface area is 295 Å². The van der Waals surface area contributed by atoms with E-state index in [4.69, 9.17) is 4.42 Å². The van der Waals surface area contributed by atoms with Gasteiger partial charge in [-0.1, -0.05) is 139 Å². The van der Waals surface area contributed by atoms with Crippen LogP contribution in [0.15, 0.2) is 192 Å². The lowest BCUT2D eigenvalue weighted by molar-refractivity contribution is 0.672. The van der Waals surface area contributed by atoms with Crippen molar-refractivity contribution < 1.29 is 9.90 Å². The van der Waals surface area contributed by atoms with E-state index >= 15 is 0 Å². The Hall–Kier alpha value is -6.64. The van der Waals surface area contributed by atoms with E-state index in [0.29, 0.717) is 22.5 Å². The molecule has 0 saturated carbocycles. The van der Waals surface area contributed by atoms with Gasteiger partial charge in [-0.25, -0.2) is 0 Å². The number of nitrogens with zero attached hydrogens (tertiary/aromatic N) is 1. The van der Waals surface area contributed by atoms with Gasteiger partial charge in [-0.15, -0.1) is 0 Å². The zero-order valence-electron chi connectivity index (χ0n) is 30.9. The summed E-state index contributed by atoms with van der Waals surface area (Å²) in [6.45, 7) is 0. The summed E-state index contributed by atoms with van der Waals surface area (Å²) >= 11 is 0. The summed E-state index contributed by atoms with van der Waals surface area (Å²) in [7, 11) is 0. The molecule has 0 atom stereocenters. The Kier molecular flexibility index (Phi) is 5.64. The molecule has 9 aromatic carbocycles. The first-order chi connectivity index (χ1) is 26.5. The first-order valence-electron chi connectivity index (χ1n) is 18.8. The Morgan fingerprint density at radius 1 is 0.420 bits per heavy atom. The quantitative estimate of drug-likeness (QED) is 0.186. The lowest BCUT2D eigenvalue weighted by Crippen LogP contribution is -2.10. The monoisotopic (exact) mass is 641 g/mol. The summed E-state index contributed by atoms with van der Waals surface area (Å²) in [6, 6.07) is 54.1. The molecule has 50 heavy (non-hydrogen) atoms. The molecule has 0 fully saturated rings. The number of furan rings is 1. The normalized spacial score (nSPS) is 12.7. The molecule has 0 N–H and O–H groups in total. The largest absolute Gasteiger partial charge is 0.455 e. The van der Waals surface area contributed by atoms with E-state index < -0.39 is 0 Å². The summed E-state index contributed by atoms with van der Waals surface area (Å²) in [6.07, 6.45) is 0. The maximum absolute atomic E-state index is 9.57. The van der Waals surface area contributed by atoms with Crippen LogP contribution in [0.3, 0.4) is 0 Å². The van der Waals surface area contributed by atoms with Crippen LogP contribution in [0.4, 0.5) is 17.1 Å². The van der Waals surface area contributed by atoms with Crippen molar-refractivity contribution in [3.8, 4) is 22.3 Å². The lowest BCUT2D eigenvalue weighted by Gasteiger charge is -2.26. The maximum Gasteiger partial charge on any atom is 0.143 e. The van der Waals surface area contributed by atoms with Crippen molar-refractivity contribution in [2.75, 3.05) is 4.90 Å². The van der Waals surface area contributed by atoms with E-state index in [1.165, 1.54) is 0 Å². The molecule has 1 aromatic heterocycles. The van der Waals surface area contributed by atoms with Gasteiger partial charge in [-0.05, 0) is 97.7 Å². The predicted molar refractivity (Wildman–Crippen MR) is 212 cm³/mol. The molecule has 10 aromatic rings. The number of anilines is 3. The highest BCUT2D eigenvalue weighted by Crippen LogP contribution is 2.45. The van der Waals surface area contributed by atoms with E-state index in [1.807, 2.05) is 102 Å². The maximum atomic E-state index is 9.57. The van der Waals surface area contributed by atoms with Crippen molar-refractivity contribution in [3.63, 3.8) is 0 Å². The zero-order valence-corrected chi connectivity index (χ0v) is 26.9. The van der Waals surface area contributed by atoms with Crippen LogP contribution in [-0.4, -0.2) is 0 Å². The Bertz CT molecular complexity index is 3080. The van der Waals surface area contributed by atoms with Crippen molar-refractivity contribution in [1.82, 2.24) is 0 Å². The Morgan fingerprint density at radius 2 is 1.06 bits per heavy atom. The van der Waals surface area contributed by atoms with Crippen LogP contribution >= 0.6 is 0 Å². The average Bonchev–Trinajstić information content (AvgIpc) is 3.62. The lowest BCUT2D eigenvalue weighted by atomic mass is 9.98. The molecule has 0 aliphatic carbocycles. The van der Waals surface area contributed by atoms with Gasteiger partial charge in [-0.2, -0.15) is 0 Å². The molecule has 2 nitrogen and oxygen atoms in total. The number of benzene rings is 9. The minimum Gasteiger partial charge on any atom is -0.455 e. The summed E-state index contributed by atoms with van der Waals surface area (Å²) in [5.41, 5.74) is 6.01. The second kappa shape index (κ2) is 11.5. The number of fused-ring (bicyclic) bond motifs is 7. The van der Waals surface area contributed by atoms with Crippen LogP contribution < -0.4 is 4.90 Å². The molecule has 0 bridgehead atoms. The second-order valence-electron chi connectivity index (χ2n) is 12.6. The van der Waals surface area contributed by atoms with E-state index in [9.17, 15) is 5.48 Å². The molecule has 0 aliphatic heterocycles. The van der Waals surface area contributed by atoms with E-state index in [2.05, 4.69) is 66.7 Å². The highest BCUT2D eigenvalue weighted by molar-refractivity contribution is 6.19. The molecular formula is C48H31NO. The molecular weight excluding hydrogens is 607 g/mol. The average molecular weight is 642 g/mol. The van der Waals surface area contributed by atoms with Gasteiger partial charge in [0.2, 0.25) is 0 Å². The number of hydrogen-bond acceptors (Lipinski definition) is 2. The van der Waals surface area contributed by atoms with Gasteiger partial charge in [-0.3, -0.25) is 0 Å². The summed E-state index contributed by atoms with van der Waals surface area (Å²) < 4.78 is 44.5. The van der Waals surface area contributed by atoms with Crippen molar-refractivity contribution in [2.24, 2.45) is 0 Å². The minimum atomic E-state index is -0.132. The fourth-order valence-electron chi connectivity index (χ4n) is 7.28. The fraction of sp³-hybridized carbons (Fsp3) is 0. The van der Waals surface area contributed by atoms with Gasteiger partial charge >= 0.3 is 0 Å². The van der Waals surface area contributed by atoms with Gasteiger partial charge in [0, 0.05) is 22.1 Å². The molecule has 0 amide bonds. The third-order valence-corrected chi connectivity index (χ3v) is 9.71. The Morgan fingerprint density at radius 3 is 1.88 bits per heavy atom. The van der Waals surface area contributed by atoms with Crippen molar-refractivity contribution in [3.05, 3.63) is 188 Å². The smallest absolute Gasteiger partial charge is 0.143 e. The van der Waals surface area contributed by atoms with Crippen molar-refractivity contribution in [1.29, 1.82) is 0 Å². The first-order valence-corrected chi connectivity index (χ1v) is 16.8. The summed E-state index contributed by atoms with van der Waals surface area (Å²) in [5.74, 6) is 0. The van der Waals surface area contributed by atoms with Gasteiger partial charge < -0.3 is 9.32 Å². The van der Waals surface area contributed by atoms with E-state index in [0.717, 1.165) is 59.8 Å². The van der Waals surface area contributed by atoms with E-state index in [1.54, 1.807) is 0 Å². The highest BCUT2D eigenvalue weighted by atomic mass is 16.3. The highest BCUT2D eigenvalue weighted by Gasteiger charge is 2.20. The number of rotatable bonds is 5. The third kappa shape index (κ3) is 4.65. The molecule has 0 spiro atoms. The second-order valence-corrected chi connectivity index (χ2v) is 12.6. The van der Waals surface area contributed by atoms with Gasteiger partial charge in [0.25, 0.3) is 0 Å². The van der Waals surface area contributed by atoms with Crippen LogP contribution in [-0.2, 0) is 0 Å². The van der Waals surface area contributed by atoms with Gasteiger partial charge in [0.15, 0.2) is 0 Å². The summed E-state index contributed by atoms with van der Waals surface area (Å²) in [4.78, 5) is 1.87. The first kappa shape index (κ1) is 24.5. The molecule has 0 aliphatic rings. The fourth-order valence-corrected chi connectivity index (χ4v) is 7.28. The van der Waals surface area contributed by atoms with Crippen LogP contribution in [0.1, 0.15) is 5.48 Å². The topological polar surface area (TPSA) is 16.4 Å². The SMILES string of the molecule is [2H]c1c([2H])c(N(c2ccc(-c3cccc4ccccc34)cc2)c2cccc3oc4c5ccccc5ccc4c23)c([2H])c([2H])c1-c1ccc2ccccc2c1. The standard InChI is InChI=1S/C48H31NO/c1-2-12-37-31-38(20-19-32(37)9-1)33-21-26-39(27-22-33)49(40-28-23-36(24-29-40)42-16-7-13-34-10-3-5-14-41(34)42)45-17-8-18-46-47(45)44-30-25-35-11-4-6-15-43(35)48(44)50-46/h1-31H/i21D,22D,26D,27D. The van der Waals surface area contributed by atoms with Gasteiger partial charge in [0.05, 0.1) is 16.6 Å². The molecule has 10 rings (SSSR count). The molecule has 234 valence electrons.